The number of nitrogens with one attached hydrogen (secondary N) is 1. The Kier molecular flexibility index (Phi) is 5.49. The van der Waals surface area contributed by atoms with E-state index in [4.69, 9.17) is 5.26 Å². The Morgan fingerprint density at radius 1 is 1.56 bits per heavy atom. The number of piperidine rings is 1. The van der Waals surface area contributed by atoms with Crippen LogP contribution in [0.4, 0.5) is 0 Å². The molecule has 0 amide bonds. The van der Waals surface area contributed by atoms with Crippen molar-refractivity contribution in [3.05, 3.63) is 12.2 Å². The van der Waals surface area contributed by atoms with Crippen molar-refractivity contribution in [3.8, 4) is 6.07 Å². The summed E-state index contributed by atoms with van der Waals surface area (Å²) in [5, 5.41) is 15.4. The Morgan fingerprint density at radius 3 is 3.28 bits per heavy atom. The molecule has 1 atom stereocenters. The first-order valence-corrected chi connectivity index (χ1v) is 7.61. The third-order valence-corrected chi connectivity index (χ3v) is 4.17. The monoisotopic (exact) mass is 265 g/mol. The molecule has 2 heterocycles. The zero-order chi connectivity index (χ0) is 12.6. The van der Waals surface area contributed by atoms with Gasteiger partial charge in [0.1, 0.15) is 12.2 Å². The van der Waals surface area contributed by atoms with E-state index in [1.807, 2.05) is 0 Å². The van der Waals surface area contributed by atoms with E-state index in [0.717, 1.165) is 31.1 Å². The zero-order valence-corrected chi connectivity index (χ0v) is 11.3. The number of nitrogens with zero attached hydrogens (tertiary/aromatic N) is 4. The molecule has 1 aromatic heterocycles. The smallest absolute Gasteiger partial charge is 0.141 e. The van der Waals surface area contributed by atoms with E-state index in [0.29, 0.717) is 11.8 Å². The maximum Gasteiger partial charge on any atom is 0.141 e. The molecule has 5 nitrogen and oxygen atoms in total. The van der Waals surface area contributed by atoms with E-state index in [1.54, 1.807) is 18.1 Å². The Labute approximate surface area is 112 Å². The van der Waals surface area contributed by atoms with Gasteiger partial charge in [0.2, 0.25) is 0 Å². The van der Waals surface area contributed by atoms with Crippen LogP contribution < -0.4 is 0 Å². The van der Waals surface area contributed by atoms with Crippen LogP contribution in [0.1, 0.15) is 37.5 Å². The van der Waals surface area contributed by atoms with Gasteiger partial charge in [0, 0.05) is 0 Å². The maximum absolute atomic E-state index is 8.48. The summed E-state index contributed by atoms with van der Waals surface area (Å²) in [6.07, 6.45) is 6.43. The van der Waals surface area contributed by atoms with Crippen molar-refractivity contribution >= 4 is 11.8 Å². The Balaban J connectivity index is 1.79. The van der Waals surface area contributed by atoms with Crippen LogP contribution in [0.15, 0.2) is 6.33 Å². The van der Waals surface area contributed by atoms with Gasteiger partial charge in [0.05, 0.1) is 17.9 Å². The van der Waals surface area contributed by atoms with Gasteiger partial charge < -0.3 is 0 Å². The van der Waals surface area contributed by atoms with E-state index < -0.39 is 0 Å². The minimum absolute atomic E-state index is 0.405. The van der Waals surface area contributed by atoms with Gasteiger partial charge in [-0.05, 0) is 38.1 Å². The van der Waals surface area contributed by atoms with Crippen LogP contribution in [0.3, 0.4) is 0 Å². The second-order valence-corrected chi connectivity index (χ2v) is 5.59. The SMILES string of the molecule is N#CCSCCCN1CCCCC1c1ncn[nH]1. The number of likely N-dealkylation sites (tertiary alicyclic amines) is 1. The molecular weight excluding hydrogens is 246 g/mol. The van der Waals surface area contributed by atoms with E-state index in [9.17, 15) is 0 Å². The zero-order valence-electron chi connectivity index (χ0n) is 10.5. The summed E-state index contributed by atoms with van der Waals surface area (Å²) in [7, 11) is 0. The van der Waals surface area contributed by atoms with Gasteiger partial charge in [-0.15, -0.1) is 11.8 Å². The molecule has 1 aliphatic rings. The topological polar surface area (TPSA) is 68.6 Å². The molecule has 98 valence electrons. The number of hydrogen-bond acceptors (Lipinski definition) is 5. The highest BCUT2D eigenvalue weighted by atomic mass is 32.2. The second-order valence-electron chi connectivity index (χ2n) is 4.48. The van der Waals surface area contributed by atoms with Crippen molar-refractivity contribution in [3.63, 3.8) is 0 Å². The highest BCUT2D eigenvalue weighted by Crippen LogP contribution is 2.28. The molecule has 0 aromatic carbocycles. The second kappa shape index (κ2) is 7.39. The third-order valence-electron chi connectivity index (χ3n) is 3.26. The van der Waals surface area contributed by atoms with Gasteiger partial charge in [-0.1, -0.05) is 6.42 Å². The Hall–Kier alpha value is -1.06. The fourth-order valence-electron chi connectivity index (χ4n) is 2.43. The van der Waals surface area contributed by atoms with Gasteiger partial charge in [0.25, 0.3) is 0 Å². The van der Waals surface area contributed by atoms with E-state index in [-0.39, 0.29) is 0 Å². The van der Waals surface area contributed by atoms with E-state index in [1.165, 1.54) is 19.3 Å². The van der Waals surface area contributed by atoms with Crippen LogP contribution in [-0.4, -0.2) is 44.7 Å². The van der Waals surface area contributed by atoms with Crippen molar-refractivity contribution in [2.75, 3.05) is 24.6 Å². The molecule has 6 heteroatoms. The summed E-state index contributed by atoms with van der Waals surface area (Å²) in [5.41, 5.74) is 0. The van der Waals surface area contributed by atoms with Crippen LogP contribution in [0.25, 0.3) is 0 Å². The average molecular weight is 265 g/mol. The molecule has 0 radical (unpaired) electrons. The van der Waals surface area contributed by atoms with Crippen LogP contribution >= 0.6 is 11.8 Å². The molecule has 1 saturated heterocycles. The molecule has 1 aromatic rings. The molecule has 2 rings (SSSR count). The number of aromatic amines is 1. The van der Waals surface area contributed by atoms with Gasteiger partial charge in [-0.2, -0.15) is 10.4 Å². The normalized spacial score (nSPS) is 20.7. The first kappa shape index (κ1) is 13.4. The number of hydrogen-bond donors (Lipinski definition) is 1. The number of rotatable bonds is 6. The molecule has 18 heavy (non-hydrogen) atoms. The summed E-state index contributed by atoms with van der Waals surface area (Å²) in [6.45, 7) is 2.23. The molecular formula is C12H19N5S. The number of aromatic nitrogens is 3. The number of nitriles is 1. The fraction of sp³-hybridized carbons (Fsp3) is 0.750. The van der Waals surface area contributed by atoms with Crippen LogP contribution in [0, 0.1) is 11.3 Å². The van der Waals surface area contributed by atoms with Gasteiger partial charge in [0.15, 0.2) is 0 Å². The lowest BCUT2D eigenvalue weighted by molar-refractivity contribution is 0.143. The van der Waals surface area contributed by atoms with Crippen LogP contribution in [-0.2, 0) is 0 Å². The first-order valence-electron chi connectivity index (χ1n) is 6.46. The Bertz CT molecular complexity index is 372. The summed E-state index contributed by atoms with van der Waals surface area (Å²) in [4.78, 5) is 6.79. The van der Waals surface area contributed by atoms with Crippen molar-refractivity contribution in [1.29, 1.82) is 5.26 Å². The summed E-state index contributed by atoms with van der Waals surface area (Å²) in [6, 6.07) is 2.57. The molecule has 1 aliphatic heterocycles. The number of thioether (sulfide) groups is 1. The summed E-state index contributed by atoms with van der Waals surface area (Å²) < 4.78 is 0. The van der Waals surface area contributed by atoms with Gasteiger partial charge in [-0.25, -0.2) is 4.98 Å². The standard InChI is InChI=1S/C12H19N5S/c13-5-9-18-8-3-7-17-6-2-1-4-11(17)12-14-10-15-16-12/h10-11H,1-4,6-9H2,(H,14,15,16). The van der Waals surface area contributed by atoms with Crippen LogP contribution in [0.2, 0.25) is 0 Å². The largest absolute Gasteiger partial charge is 0.293 e. The van der Waals surface area contributed by atoms with E-state index >= 15 is 0 Å². The predicted octanol–water partition coefficient (Wildman–Crippen LogP) is 1.98. The molecule has 1 N–H and O–H groups in total. The molecule has 0 spiro atoms. The van der Waals surface area contributed by atoms with Gasteiger partial charge in [-0.3, -0.25) is 10.00 Å². The summed E-state index contributed by atoms with van der Waals surface area (Å²) >= 11 is 1.72. The minimum atomic E-state index is 0.405. The highest BCUT2D eigenvalue weighted by molar-refractivity contribution is 7.99. The van der Waals surface area contributed by atoms with Gasteiger partial charge >= 0.3 is 0 Å². The summed E-state index contributed by atoms with van der Waals surface area (Å²) in [5.74, 6) is 2.66. The van der Waals surface area contributed by atoms with E-state index in [2.05, 4.69) is 26.2 Å². The first-order chi connectivity index (χ1) is 8.92. The minimum Gasteiger partial charge on any atom is -0.293 e. The molecule has 1 fully saturated rings. The lowest BCUT2D eigenvalue weighted by atomic mass is 10.0. The van der Waals surface area contributed by atoms with Crippen molar-refractivity contribution < 1.29 is 0 Å². The maximum atomic E-state index is 8.48. The number of H-pyrrole nitrogens is 1. The molecule has 0 saturated carbocycles. The van der Waals surface area contributed by atoms with Crippen LogP contribution in [0.5, 0.6) is 0 Å². The fourth-order valence-corrected chi connectivity index (χ4v) is 3.00. The third kappa shape index (κ3) is 3.72. The van der Waals surface area contributed by atoms with Crippen molar-refractivity contribution in [2.24, 2.45) is 0 Å². The molecule has 0 aliphatic carbocycles. The van der Waals surface area contributed by atoms with Crippen molar-refractivity contribution in [2.45, 2.75) is 31.7 Å². The quantitative estimate of drug-likeness (QED) is 0.796. The average Bonchev–Trinajstić information content (AvgIpc) is 2.93. The van der Waals surface area contributed by atoms with Crippen molar-refractivity contribution in [1.82, 2.24) is 20.1 Å². The lowest BCUT2D eigenvalue weighted by Gasteiger charge is -2.34. The molecule has 0 bridgehead atoms. The predicted molar refractivity (Wildman–Crippen MR) is 72.1 cm³/mol. The molecule has 1 unspecified atom stereocenters. The highest BCUT2D eigenvalue weighted by Gasteiger charge is 2.25. The lowest BCUT2D eigenvalue weighted by Crippen LogP contribution is -2.35. The Morgan fingerprint density at radius 2 is 2.50 bits per heavy atom.